The molecule has 0 aliphatic carbocycles. The Morgan fingerprint density at radius 3 is 2.54 bits per heavy atom. The van der Waals surface area contributed by atoms with Crippen LogP contribution in [0.15, 0.2) is 78.0 Å². The predicted octanol–water partition coefficient (Wildman–Crippen LogP) is 4.78. The highest BCUT2D eigenvalue weighted by Gasteiger charge is 2.28. The van der Waals surface area contributed by atoms with Gasteiger partial charge in [-0.25, -0.2) is 22.9 Å². The zero-order valence-electron chi connectivity index (χ0n) is 21.6. The van der Waals surface area contributed by atoms with Gasteiger partial charge in [0.1, 0.15) is 22.9 Å². The van der Waals surface area contributed by atoms with Crippen molar-refractivity contribution in [1.29, 1.82) is 0 Å². The monoisotopic (exact) mass is 568 g/mol. The molecule has 0 fully saturated rings. The van der Waals surface area contributed by atoms with Gasteiger partial charge in [-0.05, 0) is 62.6 Å². The number of amides is 1. The lowest BCUT2D eigenvalue weighted by atomic mass is 10.1. The number of rotatable bonds is 9. The van der Waals surface area contributed by atoms with Crippen molar-refractivity contribution >= 4 is 49.3 Å². The quantitative estimate of drug-likeness (QED) is 0.294. The smallest absolute Gasteiger partial charge is 0.416 e. The summed E-state index contributed by atoms with van der Waals surface area (Å²) in [4.78, 5) is 34.7. The Hall–Kier alpha value is -3.87. The lowest BCUT2D eigenvalue weighted by Gasteiger charge is -2.26. The number of benzene rings is 1. The lowest BCUT2D eigenvalue weighted by molar-refractivity contribution is -0.135. The molecular weight excluding hydrogens is 540 g/mol. The van der Waals surface area contributed by atoms with Crippen LogP contribution < -0.4 is 9.62 Å². The molecule has 1 unspecified atom stereocenters. The van der Waals surface area contributed by atoms with Gasteiger partial charge in [0.2, 0.25) is 10.0 Å². The number of anilines is 1. The fourth-order valence-electron chi connectivity index (χ4n) is 3.78. The van der Waals surface area contributed by atoms with Crippen LogP contribution >= 0.6 is 11.3 Å². The van der Waals surface area contributed by atoms with Crippen molar-refractivity contribution in [2.45, 2.75) is 43.7 Å². The highest BCUT2D eigenvalue weighted by Crippen LogP contribution is 2.30. The Morgan fingerprint density at radius 1 is 1.10 bits per heavy atom. The molecular formula is C27H28N4O6S2. The van der Waals surface area contributed by atoms with Crippen molar-refractivity contribution in [2.24, 2.45) is 0 Å². The summed E-state index contributed by atoms with van der Waals surface area (Å²) in [7, 11) is -4.00. The number of carbonyl (C=O) groups is 2. The van der Waals surface area contributed by atoms with Crippen LogP contribution in [0.5, 0.6) is 0 Å². The van der Waals surface area contributed by atoms with Crippen molar-refractivity contribution in [3.05, 3.63) is 83.6 Å². The molecule has 1 aromatic carbocycles. The molecule has 4 aromatic rings. The normalized spacial score (nSPS) is 12.7. The number of nitrogens with zero attached hydrogens (tertiary/aromatic N) is 3. The van der Waals surface area contributed by atoms with Gasteiger partial charge in [0.15, 0.2) is 0 Å². The Bertz CT molecular complexity index is 1550. The maximum atomic E-state index is 13.3. The number of sulfonamides is 1. The third-order valence-electron chi connectivity index (χ3n) is 5.42. The van der Waals surface area contributed by atoms with Gasteiger partial charge in [-0.15, -0.1) is 11.3 Å². The number of nitrogens with one attached hydrogen (secondary N) is 1. The molecule has 0 aliphatic heterocycles. The summed E-state index contributed by atoms with van der Waals surface area (Å²) in [6.45, 7) is 4.32. The average molecular weight is 569 g/mol. The first-order valence-corrected chi connectivity index (χ1v) is 14.3. The minimum atomic E-state index is -4.00. The molecule has 1 atom stereocenters. The summed E-state index contributed by atoms with van der Waals surface area (Å²) in [5.41, 5.74) is -0.564. The van der Waals surface area contributed by atoms with Gasteiger partial charge >= 0.3 is 12.1 Å². The fourth-order valence-corrected chi connectivity index (χ4v) is 6.06. The number of thiophene rings is 1. The van der Waals surface area contributed by atoms with E-state index in [0.717, 1.165) is 19.9 Å². The molecule has 10 nitrogen and oxygen atoms in total. The molecule has 204 valence electrons. The van der Waals surface area contributed by atoms with Gasteiger partial charge in [-0.1, -0.05) is 24.3 Å². The third kappa shape index (κ3) is 7.37. The average Bonchev–Trinajstić information content (AvgIpc) is 3.29. The molecule has 0 spiro atoms. The molecule has 12 heteroatoms. The van der Waals surface area contributed by atoms with E-state index in [0.29, 0.717) is 5.69 Å². The summed E-state index contributed by atoms with van der Waals surface area (Å²) in [5, 5.41) is 10.5. The van der Waals surface area contributed by atoms with Crippen LogP contribution in [0.4, 0.5) is 10.6 Å². The van der Waals surface area contributed by atoms with Crippen LogP contribution in [-0.4, -0.2) is 47.7 Å². The highest BCUT2D eigenvalue weighted by atomic mass is 32.2. The van der Waals surface area contributed by atoms with E-state index in [1.807, 2.05) is 30.3 Å². The molecule has 3 aromatic heterocycles. The molecule has 4 rings (SSSR count). The van der Waals surface area contributed by atoms with Crippen molar-refractivity contribution < 1.29 is 27.9 Å². The van der Waals surface area contributed by atoms with E-state index in [4.69, 9.17) is 4.74 Å². The lowest BCUT2D eigenvalue weighted by Crippen LogP contribution is -2.40. The van der Waals surface area contributed by atoms with Crippen LogP contribution in [-0.2, 0) is 26.0 Å². The summed E-state index contributed by atoms with van der Waals surface area (Å²) < 4.78 is 35.7. The van der Waals surface area contributed by atoms with Crippen LogP contribution in [0.25, 0.3) is 10.1 Å². The second-order valence-electron chi connectivity index (χ2n) is 9.70. The molecule has 0 saturated heterocycles. The van der Waals surface area contributed by atoms with Crippen LogP contribution in [0.2, 0.25) is 0 Å². The standard InChI is InChI=1S/C27H28N4O6S2/c1-27(2,3)37-26(34)31(17-25(32)33)24-12-6-10-21(29-24)22(30-39(35,36)20-9-7-13-28-16-20)15-19-14-18-8-4-5-11-23(18)38-19/h4-14,16,22,30H,15,17H2,1-3H3,(H,32,33). The summed E-state index contributed by atoms with van der Waals surface area (Å²) in [6, 6.07) is 16.6. The van der Waals surface area contributed by atoms with Crippen LogP contribution in [0.1, 0.15) is 37.4 Å². The molecule has 0 aliphatic rings. The summed E-state index contributed by atoms with van der Waals surface area (Å²) in [6.07, 6.45) is 2.11. The van der Waals surface area contributed by atoms with Crippen molar-refractivity contribution in [3.63, 3.8) is 0 Å². The van der Waals surface area contributed by atoms with Crippen LogP contribution in [0, 0.1) is 0 Å². The molecule has 39 heavy (non-hydrogen) atoms. The van der Waals surface area contributed by atoms with Gasteiger partial charge in [0.25, 0.3) is 0 Å². The minimum absolute atomic E-state index is 0.0104. The van der Waals surface area contributed by atoms with E-state index in [1.165, 1.54) is 41.9 Å². The Labute approximate surface area is 230 Å². The van der Waals surface area contributed by atoms with E-state index in [2.05, 4.69) is 14.7 Å². The predicted molar refractivity (Wildman–Crippen MR) is 148 cm³/mol. The Kier molecular flexibility index (Phi) is 8.28. The van der Waals surface area contributed by atoms with Gasteiger partial charge in [-0.2, -0.15) is 0 Å². The largest absolute Gasteiger partial charge is 0.480 e. The van der Waals surface area contributed by atoms with Crippen molar-refractivity contribution in [3.8, 4) is 0 Å². The topological polar surface area (TPSA) is 139 Å². The molecule has 3 heterocycles. The summed E-state index contributed by atoms with van der Waals surface area (Å²) in [5.74, 6) is -1.24. The molecule has 1 amide bonds. The van der Waals surface area contributed by atoms with E-state index >= 15 is 0 Å². The molecule has 0 saturated carbocycles. The minimum Gasteiger partial charge on any atom is -0.480 e. The zero-order valence-corrected chi connectivity index (χ0v) is 23.2. The molecule has 0 radical (unpaired) electrons. The van der Waals surface area contributed by atoms with E-state index in [-0.39, 0.29) is 17.1 Å². The summed E-state index contributed by atoms with van der Waals surface area (Å²) >= 11 is 1.54. The first-order chi connectivity index (χ1) is 18.4. The van der Waals surface area contributed by atoms with E-state index in [9.17, 15) is 23.1 Å². The first-order valence-electron chi connectivity index (χ1n) is 12.0. The SMILES string of the molecule is CC(C)(C)OC(=O)N(CC(=O)O)c1cccc(C(Cc2cc3ccccc3s2)NS(=O)(=O)c2cccnc2)n1. The van der Waals surface area contributed by atoms with Crippen LogP contribution in [0.3, 0.4) is 0 Å². The van der Waals surface area contributed by atoms with Gasteiger partial charge < -0.3 is 9.84 Å². The Morgan fingerprint density at radius 2 is 1.87 bits per heavy atom. The number of fused-ring (bicyclic) bond motifs is 1. The number of aromatic nitrogens is 2. The van der Waals surface area contributed by atoms with Gasteiger partial charge in [0.05, 0.1) is 11.7 Å². The van der Waals surface area contributed by atoms with Crippen molar-refractivity contribution in [1.82, 2.24) is 14.7 Å². The second kappa shape index (κ2) is 11.5. The van der Waals surface area contributed by atoms with Crippen molar-refractivity contribution in [2.75, 3.05) is 11.4 Å². The molecule has 0 bridgehead atoms. The Balaban J connectivity index is 1.73. The number of hydrogen-bond donors (Lipinski definition) is 2. The first kappa shape index (κ1) is 28.1. The van der Waals surface area contributed by atoms with Gasteiger partial charge in [0, 0.05) is 28.4 Å². The number of ether oxygens (including phenoxy) is 1. The highest BCUT2D eigenvalue weighted by molar-refractivity contribution is 7.89. The number of aliphatic carboxylic acids is 1. The number of carboxylic acids is 1. The van der Waals surface area contributed by atoms with E-state index in [1.54, 1.807) is 32.9 Å². The van der Waals surface area contributed by atoms with E-state index < -0.39 is 40.3 Å². The maximum Gasteiger partial charge on any atom is 0.416 e. The number of pyridine rings is 2. The second-order valence-corrected chi connectivity index (χ2v) is 12.6. The van der Waals surface area contributed by atoms with Gasteiger partial charge in [-0.3, -0.25) is 14.7 Å². The number of hydrogen-bond acceptors (Lipinski definition) is 8. The molecule has 2 N–H and O–H groups in total. The fraction of sp³-hybridized carbons (Fsp3) is 0.259. The zero-order chi connectivity index (χ0) is 28.2. The third-order valence-corrected chi connectivity index (χ3v) is 8.02. The number of carboxylic acid groups (broad SMARTS) is 1. The maximum absolute atomic E-state index is 13.3. The number of carbonyl (C=O) groups excluding carboxylic acids is 1.